The predicted molar refractivity (Wildman–Crippen MR) is 132 cm³/mol. The van der Waals surface area contributed by atoms with Gasteiger partial charge in [0.2, 0.25) is 0 Å². The molecule has 0 rings (SSSR count). The minimum absolute atomic E-state index is 0.168. The second kappa shape index (κ2) is 9.69. The molecule has 0 fully saturated rings. The van der Waals surface area contributed by atoms with Crippen LogP contribution in [0.1, 0.15) is 20.8 Å². The van der Waals surface area contributed by atoms with Gasteiger partial charge >= 0.3 is 8.56 Å². The van der Waals surface area contributed by atoms with E-state index in [4.69, 9.17) is 24.2 Å². The Kier molecular flexibility index (Phi) is 9.81. The summed E-state index contributed by atoms with van der Waals surface area (Å²) in [6, 6.07) is 0. The Morgan fingerprint density at radius 3 is 0.846 bits per heavy atom. The maximum absolute atomic E-state index is 4.91. The third kappa shape index (κ3) is 11.9. The van der Waals surface area contributed by atoms with Crippen LogP contribution in [0.5, 0.6) is 0 Å². The van der Waals surface area contributed by atoms with Crippen LogP contribution < -0.4 is 0 Å². The quantitative estimate of drug-likeness (QED) is 0.382. The highest BCUT2D eigenvalue weighted by Crippen LogP contribution is 2.39. The molecule has 6 nitrogen and oxygen atoms in total. The van der Waals surface area contributed by atoms with E-state index < -0.39 is 33.3 Å². The van der Waals surface area contributed by atoms with Crippen LogP contribution in [0.4, 0.5) is 0 Å². The van der Waals surface area contributed by atoms with Gasteiger partial charge in [0, 0.05) is 39.1 Å². The lowest BCUT2D eigenvalue weighted by Crippen LogP contribution is -2.38. The fourth-order valence-corrected chi connectivity index (χ4v) is 11.5. The molecule has 26 heavy (non-hydrogen) atoms. The van der Waals surface area contributed by atoms with Gasteiger partial charge in [0.05, 0.1) is 0 Å². The Bertz CT molecular complexity index is 595. The van der Waals surface area contributed by atoms with Crippen LogP contribution >= 0.6 is 0 Å². The van der Waals surface area contributed by atoms with Crippen LogP contribution in [-0.2, 0) is 34.1 Å². The number of hydrogen-bond acceptors (Lipinski definition) is 6. The lowest BCUT2D eigenvalue weighted by atomic mass is 10.3. The maximum atomic E-state index is 4.91. The van der Waals surface area contributed by atoms with E-state index in [1.165, 1.54) is 34.1 Å². The molecule has 0 saturated carbocycles. The van der Waals surface area contributed by atoms with E-state index in [0.29, 0.717) is 0 Å². The first-order valence-corrected chi connectivity index (χ1v) is 23.1. The monoisotopic (exact) mass is 484 g/mol. The molecule has 0 amide bonds. The third-order valence-corrected chi connectivity index (χ3v) is 16.1. The molecule has 0 aliphatic carbocycles. The molecular weight excluding hydrogens is 449 g/mol. The average molecular weight is 485 g/mol. The van der Waals surface area contributed by atoms with Crippen molar-refractivity contribution in [3.8, 4) is 0 Å². The minimum atomic E-state index is -2.75. The Morgan fingerprint density at radius 1 is 0.462 bits per heavy atom. The van der Waals surface area contributed by atoms with Gasteiger partial charge in [0.1, 0.15) is 0 Å². The van der Waals surface area contributed by atoms with Gasteiger partial charge < -0.3 is 0 Å². The van der Waals surface area contributed by atoms with Gasteiger partial charge in [-0.05, 0) is 58.9 Å². The maximum Gasteiger partial charge on any atom is 0.475 e. The molecule has 0 aromatic carbocycles. The van der Waals surface area contributed by atoms with Crippen LogP contribution in [0.25, 0.3) is 0 Å². The van der Waals surface area contributed by atoms with Gasteiger partial charge in [0.15, 0.2) is 24.7 Å². The van der Waals surface area contributed by atoms with Gasteiger partial charge in [-0.25, -0.2) is 12.1 Å². The molecule has 0 N–H and O–H groups in total. The minimum Gasteiger partial charge on any atom is -0.257 e. The molecule has 0 aromatic heterocycles. The highest BCUT2D eigenvalue weighted by molar-refractivity contribution is 7.63. The second-order valence-corrected chi connectivity index (χ2v) is 30.9. The number of nitrogens with zero attached hydrogens (tertiary/aromatic N) is 6. The zero-order valence-electron chi connectivity index (χ0n) is 18.4. The molecule has 0 aromatic rings. The molecule has 0 aliphatic rings. The van der Waals surface area contributed by atoms with Crippen LogP contribution in [-0.4, -0.2) is 33.3 Å². The van der Waals surface area contributed by atoms with Crippen molar-refractivity contribution in [1.82, 2.24) is 0 Å². The van der Waals surface area contributed by atoms with Gasteiger partial charge in [-0.3, -0.25) is 12.1 Å². The van der Waals surface area contributed by atoms with Crippen molar-refractivity contribution in [2.45, 2.75) is 84.7 Å². The Hall–Kier alpha value is 0.328. The van der Waals surface area contributed by atoms with Crippen molar-refractivity contribution in [2.75, 3.05) is 0 Å². The Labute approximate surface area is 175 Å². The van der Waals surface area contributed by atoms with E-state index in [9.17, 15) is 0 Å². The summed E-state index contributed by atoms with van der Waals surface area (Å²) >= 11 is 3.93. The predicted octanol–water partition coefficient (Wildman–Crippen LogP) is 6.58. The molecule has 0 heterocycles. The summed E-state index contributed by atoms with van der Waals surface area (Å²) in [5.74, 6) is 0. The molecule has 0 aliphatic heterocycles. The fourth-order valence-electron chi connectivity index (χ4n) is 1.06. The summed E-state index contributed by atoms with van der Waals surface area (Å²) in [5.41, 5.74) is 0. The third-order valence-electron chi connectivity index (χ3n) is 2.45. The van der Waals surface area contributed by atoms with Crippen LogP contribution in [0.15, 0.2) is 24.2 Å². The lowest BCUT2D eigenvalue weighted by Gasteiger charge is -2.27. The lowest BCUT2D eigenvalue weighted by molar-refractivity contribution is 0.710. The van der Waals surface area contributed by atoms with Crippen molar-refractivity contribution < 1.29 is 0 Å². The van der Waals surface area contributed by atoms with E-state index >= 15 is 0 Å². The second-order valence-electron chi connectivity index (χ2n) is 10.2. The summed E-state index contributed by atoms with van der Waals surface area (Å²) in [6.45, 7) is 26.3. The van der Waals surface area contributed by atoms with E-state index in [1.54, 1.807) is 0 Å². The smallest absolute Gasteiger partial charge is 0.257 e. The molecule has 0 spiro atoms. The zero-order chi connectivity index (χ0) is 20.9. The molecule has 0 unspecified atom stereocenters. The molecule has 13 heteroatoms. The molecule has 0 atom stereocenters. The molecular formula is C13H36N6S3Si4. The highest BCUT2D eigenvalue weighted by Gasteiger charge is 2.49. The van der Waals surface area contributed by atoms with Crippen molar-refractivity contribution in [3.05, 3.63) is 0 Å². The first kappa shape index (κ1) is 26.3. The largest absolute Gasteiger partial charge is 0.475 e. The topological polar surface area (TPSA) is 74.2 Å². The van der Waals surface area contributed by atoms with E-state index in [2.05, 4.69) is 79.7 Å². The van der Waals surface area contributed by atoms with E-state index in [1.807, 2.05) is 0 Å². The highest BCUT2D eigenvalue weighted by atomic mass is 32.1. The summed E-state index contributed by atoms with van der Waals surface area (Å²) < 4.78 is 28.9. The molecule has 0 saturated heterocycles. The fraction of sp³-hybridized carbons (Fsp3) is 1.00. The van der Waals surface area contributed by atoms with Crippen molar-refractivity contribution in [1.29, 1.82) is 0 Å². The van der Waals surface area contributed by atoms with Gasteiger partial charge in [-0.1, -0.05) is 20.8 Å². The van der Waals surface area contributed by atoms with E-state index in [0.717, 1.165) is 0 Å². The summed E-state index contributed by atoms with van der Waals surface area (Å²) in [6.07, 6.45) is 0. The number of rotatable bonds is 6. The summed E-state index contributed by atoms with van der Waals surface area (Å²) in [4.78, 5) is 0. The Balaban J connectivity index is 6.54. The average Bonchev–Trinajstić information content (AvgIpc) is 2.31. The van der Waals surface area contributed by atoms with Crippen molar-refractivity contribution >= 4 is 67.3 Å². The van der Waals surface area contributed by atoms with E-state index in [-0.39, 0.29) is 5.04 Å². The van der Waals surface area contributed by atoms with Crippen molar-refractivity contribution in [2.24, 2.45) is 24.2 Å². The normalized spacial score (nSPS) is 15.2. The standard InChI is InChI=1S/C13H36N6S3Si4/c1-13(2,3)26(17-20-14-23(4,5)6,18-21-15-24(7,8)9)19-22-16-25(10,11)12/h1-12H3. The van der Waals surface area contributed by atoms with Gasteiger partial charge in [0.25, 0.3) is 0 Å². The van der Waals surface area contributed by atoms with Gasteiger partial charge in [-0.15, -0.1) is 0 Å². The van der Waals surface area contributed by atoms with Crippen LogP contribution in [0.3, 0.4) is 0 Å². The van der Waals surface area contributed by atoms with Crippen LogP contribution in [0.2, 0.25) is 64.0 Å². The molecule has 152 valence electrons. The van der Waals surface area contributed by atoms with Crippen molar-refractivity contribution in [3.63, 3.8) is 0 Å². The summed E-state index contributed by atoms with van der Waals surface area (Å²) in [7, 11) is -7.40. The van der Waals surface area contributed by atoms with Crippen LogP contribution in [0, 0.1) is 0 Å². The molecule has 0 radical (unpaired) electrons. The first-order valence-electron chi connectivity index (χ1n) is 8.69. The molecule has 0 bridgehead atoms. The first-order chi connectivity index (χ1) is 11.4. The summed E-state index contributed by atoms with van der Waals surface area (Å²) in [5, 5.41) is -0.168. The van der Waals surface area contributed by atoms with Gasteiger partial charge in [-0.2, -0.15) is 0 Å². The Morgan fingerprint density at radius 2 is 0.692 bits per heavy atom. The zero-order valence-corrected chi connectivity index (χ0v) is 24.9. The SMILES string of the molecule is CC(C)(C)[Si](N=S=N[Si](C)(C)C)(N=S=N[Si](C)(C)C)N=S=N[Si](C)(C)C. The number of hydrogen-bond donors (Lipinski definition) is 0.